The molecule has 2 unspecified atom stereocenters. The number of nitrogens with one attached hydrogen (secondary N) is 2. The molecule has 2 atom stereocenters. The maximum absolute atomic E-state index is 12.5. The van der Waals surface area contributed by atoms with Crippen molar-refractivity contribution in [2.24, 2.45) is 11.8 Å². The molecule has 3 rings (SSSR count). The monoisotopic (exact) mass is 357 g/mol. The largest absolute Gasteiger partial charge is 0.496 e. The van der Waals surface area contributed by atoms with Gasteiger partial charge in [-0.25, -0.2) is 4.98 Å². The minimum Gasteiger partial charge on any atom is -0.496 e. The minimum atomic E-state index is 0.0181. The van der Waals surface area contributed by atoms with Gasteiger partial charge in [-0.1, -0.05) is 13.8 Å². The van der Waals surface area contributed by atoms with E-state index in [0.29, 0.717) is 35.5 Å². The van der Waals surface area contributed by atoms with Crippen molar-refractivity contribution in [1.29, 1.82) is 0 Å². The fraction of sp³-hybridized carbons (Fsp3) is 0.500. The number of hydrogen-bond acceptors (Lipinski definition) is 5. The number of oxazole rings is 1. The van der Waals surface area contributed by atoms with Crippen LogP contribution >= 0.6 is 0 Å². The van der Waals surface area contributed by atoms with E-state index in [2.05, 4.69) is 29.5 Å². The number of rotatable bonds is 6. The molecule has 1 aliphatic heterocycles. The third kappa shape index (κ3) is 4.25. The van der Waals surface area contributed by atoms with Crippen LogP contribution in [0.4, 0.5) is 5.69 Å². The molecule has 0 bridgehead atoms. The van der Waals surface area contributed by atoms with Crippen molar-refractivity contribution >= 4 is 11.6 Å². The van der Waals surface area contributed by atoms with Crippen molar-refractivity contribution in [3.63, 3.8) is 0 Å². The van der Waals surface area contributed by atoms with Crippen LogP contribution in [-0.4, -0.2) is 30.6 Å². The highest BCUT2D eigenvalue weighted by molar-refractivity contribution is 5.92. The number of ether oxygens (including phenoxy) is 1. The normalized spacial score (nSPS) is 20.2. The Morgan fingerprint density at radius 1 is 1.46 bits per heavy atom. The lowest BCUT2D eigenvalue weighted by Crippen LogP contribution is -2.45. The Morgan fingerprint density at radius 2 is 2.31 bits per heavy atom. The minimum absolute atomic E-state index is 0.0181. The Balaban J connectivity index is 1.67. The zero-order chi connectivity index (χ0) is 18.5. The van der Waals surface area contributed by atoms with Gasteiger partial charge in [0.25, 0.3) is 0 Å². The maximum atomic E-state index is 12.5. The van der Waals surface area contributed by atoms with Crippen LogP contribution in [-0.2, 0) is 4.79 Å². The van der Waals surface area contributed by atoms with Crippen molar-refractivity contribution in [2.75, 3.05) is 19.0 Å². The van der Waals surface area contributed by atoms with E-state index in [9.17, 15) is 4.79 Å². The molecule has 140 valence electrons. The summed E-state index contributed by atoms with van der Waals surface area (Å²) in [7, 11) is 1.60. The summed E-state index contributed by atoms with van der Waals surface area (Å²) in [6.45, 7) is 5.45. The molecule has 0 spiro atoms. The van der Waals surface area contributed by atoms with Gasteiger partial charge in [0.1, 0.15) is 5.75 Å². The first-order valence-electron chi connectivity index (χ1n) is 9.18. The van der Waals surface area contributed by atoms with Gasteiger partial charge in [-0.3, -0.25) is 4.79 Å². The average molecular weight is 357 g/mol. The lowest BCUT2D eigenvalue weighted by atomic mass is 9.81. The van der Waals surface area contributed by atoms with Crippen molar-refractivity contribution in [2.45, 2.75) is 39.2 Å². The number of anilines is 1. The van der Waals surface area contributed by atoms with Crippen LogP contribution < -0.4 is 15.4 Å². The molecule has 6 heteroatoms. The molecule has 1 fully saturated rings. The molecule has 1 aromatic heterocycles. The standard InChI is InChI=1S/C20H27N3O3/c1-13(2)15-5-4-8-22-17(15)10-20(24)23-14-6-7-16(18(9-14)25-3)19-11-21-12-26-19/h6-7,9,11-13,15,17,22H,4-5,8,10H2,1-3H3,(H,23,24). The topological polar surface area (TPSA) is 76.4 Å². The summed E-state index contributed by atoms with van der Waals surface area (Å²) in [6, 6.07) is 5.76. The van der Waals surface area contributed by atoms with Gasteiger partial charge < -0.3 is 19.8 Å². The Kier molecular flexibility index (Phi) is 5.93. The molecule has 0 aliphatic carbocycles. The molecule has 0 saturated carbocycles. The van der Waals surface area contributed by atoms with Crippen molar-refractivity contribution < 1.29 is 13.9 Å². The molecule has 0 radical (unpaired) electrons. The number of methoxy groups -OCH3 is 1. The molecule has 1 amide bonds. The fourth-order valence-electron chi connectivity index (χ4n) is 3.73. The molecule has 1 saturated heterocycles. The summed E-state index contributed by atoms with van der Waals surface area (Å²) in [4.78, 5) is 16.5. The lowest BCUT2D eigenvalue weighted by molar-refractivity contribution is -0.117. The molecule has 2 heterocycles. The quantitative estimate of drug-likeness (QED) is 0.824. The molecule has 2 N–H and O–H groups in total. The van der Waals surface area contributed by atoms with Gasteiger partial charge in [0, 0.05) is 24.2 Å². The van der Waals surface area contributed by atoms with Crippen LogP contribution in [0.15, 0.2) is 35.2 Å². The summed E-state index contributed by atoms with van der Waals surface area (Å²) >= 11 is 0. The third-order valence-corrected chi connectivity index (χ3v) is 5.08. The number of carbonyl (C=O) groups is 1. The molecular formula is C20H27N3O3. The zero-order valence-electron chi connectivity index (χ0n) is 15.6. The number of amides is 1. The Bertz CT molecular complexity index is 728. The second kappa shape index (κ2) is 8.36. The zero-order valence-corrected chi connectivity index (χ0v) is 15.6. The van der Waals surface area contributed by atoms with E-state index in [1.54, 1.807) is 13.3 Å². The van der Waals surface area contributed by atoms with Crippen LogP contribution in [0.5, 0.6) is 5.75 Å². The van der Waals surface area contributed by atoms with Crippen LogP contribution in [0.25, 0.3) is 11.3 Å². The van der Waals surface area contributed by atoms with E-state index in [0.717, 1.165) is 12.1 Å². The van der Waals surface area contributed by atoms with E-state index in [1.165, 1.54) is 19.2 Å². The summed E-state index contributed by atoms with van der Waals surface area (Å²) in [5.74, 6) is 2.39. The molecule has 6 nitrogen and oxygen atoms in total. The highest BCUT2D eigenvalue weighted by Gasteiger charge is 2.28. The second-order valence-corrected chi connectivity index (χ2v) is 7.14. The summed E-state index contributed by atoms with van der Waals surface area (Å²) in [5, 5.41) is 6.50. The molecule has 2 aromatic rings. The lowest BCUT2D eigenvalue weighted by Gasteiger charge is -2.35. The average Bonchev–Trinajstić information content (AvgIpc) is 3.16. The number of aromatic nitrogens is 1. The summed E-state index contributed by atoms with van der Waals surface area (Å²) in [6.07, 6.45) is 5.86. The predicted molar refractivity (Wildman–Crippen MR) is 101 cm³/mol. The van der Waals surface area contributed by atoms with Crippen molar-refractivity contribution in [3.8, 4) is 17.1 Å². The Hall–Kier alpha value is -2.34. The first-order valence-corrected chi connectivity index (χ1v) is 9.18. The van der Waals surface area contributed by atoms with Gasteiger partial charge in [0.2, 0.25) is 5.91 Å². The van der Waals surface area contributed by atoms with E-state index in [-0.39, 0.29) is 11.9 Å². The fourth-order valence-corrected chi connectivity index (χ4v) is 3.73. The van der Waals surface area contributed by atoms with E-state index < -0.39 is 0 Å². The van der Waals surface area contributed by atoms with Gasteiger partial charge in [0.15, 0.2) is 12.2 Å². The molecule has 1 aliphatic rings. The highest BCUT2D eigenvalue weighted by atomic mass is 16.5. The molecule has 1 aromatic carbocycles. The van der Waals surface area contributed by atoms with E-state index in [1.807, 2.05) is 18.2 Å². The molecular weight excluding hydrogens is 330 g/mol. The molecule has 26 heavy (non-hydrogen) atoms. The van der Waals surface area contributed by atoms with Crippen LogP contribution in [0.2, 0.25) is 0 Å². The van der Waals surface area contributed by atoms with Crippen LogP contribution in [0, 0.1) is 11.8 Å². The highest BCUT2D eigenvalue weighted by Crippen LogP contribution is 2.32. The summed E-state index contributed by atoms with van der Waals surface area (Å²) in [5.41, 5.74) is 1.52. The van der Waals surface area contributed by atoms with E-state index >= 15 is 0 Å². The van der Waals surface area contributed by atoms with Gasteiger partial charge in [0.05, 0.1) is 18.9 Å². The number of carbonyl (C=O) groups excluding carboxylic acids is 1. The first-order chi connectivity index (χ1) is 12.6. The van der Waals surface area contributed by atoms with Gasteiger partial charge >= 0.3 is 0 Å². The van der Waals surface area contributed by atoms with Crippen LogP contribution in [0.1, 0.15) is 33.1 Å². The SMILES string of the molecule is COc1cc(NC(=O)CC2NCCCC2C(C)C)ccc1-c1cnco1. The summed E-state index contributed by atoms with van der Waals surface area (Å²) < 4.78 is 10.8. The van der Waals surface area contributed by atoms with Gasteiger partial charge in [-0.15, -0.1) is 0 Å². The Labute approximate surface area is 154 Å². The first kappa shape index (κ1) is 18.5. The number of piperidine rings is 1. The smallest absolute Gasteiger partial charge is 0.225 e. The van der Waals surface area contributed by atoms with Gasteiger partial charge in [-0.2, -0.15) is 0 Å². The van der Waals surface area contributed by atoms with Crippen molar-refractivity contribution in [1.82, 2.24) is 10.3 Å². The van der Waals surface area contributed by atoms with E-state index in [4.69, 9.17) is 9.15 Å². The maximum Gasteiger partial charge on any atom is 0.225 e. The second-order valence-electron chi connectivity index (χ2n) is 7.14. The van der Waals surface area contributed by atoms with Gasteiger partial charge in [-0.05, 0) is 43.4 Å². The predicted octanol–water partition coefficient (Wildman–Crippen LogP) is 3.70. The number of nitrogens with zero attached hydrogens (tertiary/aromatic N) is 1. The number of benzene rings is 1. The van der Waals surface area contributed by atoms with Crippen molar-refractivity contribution in [3.05, 3.63) is 30.8 Å². The Morgan fingerprint density at radius 3 is 3.00 bits per heavy atom. The third-order valence-electron chi connectivity index (χ3n) is 5.08. The number of hydrogen-bond donors (Lipinski definition) is 2. The van der Waals surface area contributed by atoms with Crippen LogP contribution in [0.3, 0.4) is 0 Å².